The molecule has 182 valence electrons. The zero-order valence-corrected chi connectivity index (χ0v) is 19.7. The molecule has 1 saturated carbocycles. The van der Waals surface area contributed by atoms with Gasteiger partial charge in [0.2, 0.25) is 11.9 Å². The Bertz CT molecular complexity index is 1210. The number of aromatic nitrogens is 2. The lowest BCUT2D eigenvalue weighted by Crippen LogP contribution is -2.40. The molecule has 2 aromatic carbocycles. The molecule has 2 heterocycles. The molecule has 2 amide bonds. The Balaban J connectivity index is 1.28. The number of fused-ring (bicyclic) bond motifs is 2. The number of piperidine rings is 1. The average molecular weight is 475 g/mol. The van der Waals surface area contributed by atoms with Gasteiger partial charge in [-0.25, -0.2) is 15.4 Å². The van der Waals surface area contributed by atoms with E-state index in [0.29, 0.717) is 37.3 Å². The van der Waals surface area contributed by atoms with Crippen molar-refractivity contribution < 1.29 is 14.8 Å². The van der Waals surface area contributed by atoms with Gasteiger partial charge >= 0.3 is 0 Å². The largest absolute Gasteiger partial charge is 0.340 e. The van der Waals surface area contributed by atoms with Gasteiger partial charge in [0, 0.05) is 62.9 Å². The molecule has 35 heavy (non-hydrogen) atoms. The van der Waals surface area contributed by atoms with E-state index in [2.05, 4.69) is 55.4 Å². The van der Waals surface area contributed by atoms with Gasteiger partial charge in [-0.15, -0.1) is 0 Å². The monoisotopic (exact) mass is 474 g/mol. The number of hydrogen-bond donors (Lipinski definition) is 3. The van der Waals surface area contributed by atoms with E-state index in [-0.39, 0.29) is 17.5 Å². The van der Waals surface area contributed by atoms with Crippen LogP contribution >= 0.6 is 0 Å². The van der Waals surface area contributed by atoms with Crippen LogP contribution in [0.25, 0.3) is 10.8 Å². The number of nitrogens with zero attached hydrogens (tertiary/aromatic N) is 4. The van der Waals surface area contributed by atoms with Gasteiger partial charge in [0.1, 0.15) is 0 Å². The lowest BCUT2D eigenvalue weighted by atomic mass is 10.1. The third kappa shape index (κ3) is 4.82. The van der Waals surface area contributed by atoms with E-state index in [0.717, 1.165) is 25.2 Å². The van der Waals surface area contributed by atoms with Crippen molar-refractivity contribution in [1.29, 1.82) is 0 Å². The Labute approximate surface area is 204 Å². The smallest absolute Gasteiger partial charge is 0.277 e. The number of amides is 2. The number of carbonyl (C=O) groups is 2. The van der Waals surface area contributed by atoms with E-state index in [1.165, 1.54) is 23.2 Å². The SMILES string of the molecule is CCNCCC(=O)N(Cc1ccc2ccccc2c1)C1C2CN(c3ncc(C(=O)NO)cn3)CC21. The van der Waals surface area contributed by atoms with Crippen LogP contribution in [-0.4, -0.2) is 64.1 Å². The van der Waals surface area contributed by atoms with Crippen LogP contribution in [-0.2, 0) is 11.3 Å². The first kappa shape index (κ1) is 23.2. The second kappa shape index (κ2) is 9.97. The van der Waals surface area contributed by atoms with Gasteiger partial charge in [-0.1, -0.05) is 43.3 Å². The van der Waals surface area contributed by atoms with Gasteiger partial charge in [-0.3, -0.25) is 14.8 Å². The molecule has 9 nitrogen and oxygen atoms in total. The predicted octanol–water partition coefficient (Wildman–Crippen LogP) is 2.21. The molecular weight excluding hydrogens is 444 g/mol. The highest BCUT2D eigenvalue weighted by molar-refractivity contribution is 5.92. The van der Waals surface area contributed by atoms with Gasteiger partial charge in [0.25, 0.3) is 5.91 Å². The summed E-state index contributed by atoms with van der Waals surface area (Å²) < 4.78 is 0. The van der Waals surface area contributed by atoms with Crippen molar-refractivity contribution in [3.05, 3.63) is 66.0 Å². The van der Waals surface area contributed by atoms with E-state index < -0.39 is 5.91 Å². The fourth-order valence-electron chi connectivity index (χ4n) is 5.20. The minimum atomic E-state index is -0.638. The third-order valence-electron chi connectivity index (χ3n) is 7.05. The number of rotatable bonds is 9. The fourth-order valence-corrected chi connectivity index (χ4v) is 5.20. The van der Waals surface area contributed by atoms with Crippen molar-refractivity contribution in [1.82, 2.24) is 25.7 Å². The van der Waals surface area contributed by atoms with Crippen molar-refractivity contribution >= 4 is 28.5 Å². The van der Waals surface area contributed by atoms with E-state index >= 15 is 0 Å². The van der Waals surface area contributed by atoms with Crippen molar-refractivity contribution in [3.63, 3.8) is 0 Å². The van der Waals surface area contributed by atoms with Gasteiger partial charge in [0.05, 0.1) is 5.56 Å². The fraction of sp³-hybridized carbons (Fsp3) is 0.385. The van der Waals surface area contributed by atoms with Crippen LogP contribution < -0.4 is 15.7 Å². The van der Waals surface area contributed by atoms with Crippen LogP contribution in [0.2, 0.25) is 0 Å². The molecular formula is C26H30N6O3. The molecule has 2 fully saturated rings. The molecule has 0 bridgehead atoms. The Morgan fingerprint density at radius 2 is 1.80 bits per heavy atom. The quantitative estimate of drug-likeness (QED) is 0.248. The van der Waals surface area contributed by atoms with E-state index in [1.807, 2.05) is 19.1 Å². The lowest BCUT2D eigenvalue weighted by molar-refractivity contribution is -0.132. The normalized spacial score (nSPS) is 20.5. The average Bonchev–Trinajstić information content (AvgIpc) is 3.37. The summed E-state index contributed by atoms with van der Waals surface area (Å²) in [5, 5.41) is 14.4. The van der Waals surface area contributed by atoms with Crippen molar-refractivity contribution in [2.45, 2.75) is 25.9 Å². The van der Waals surface area contributed by atoms with Crippen LogP contribution in [0.5, 0.6) is 0 Å². The Kier molecular flexibility index (Phi) is 6.61. The number of benzene rings is 2. The molecule has 2 aliphatic rings. The Morgan fingerprint density at radius 1 is 1.09 bits per heavy atom. The molecule has 1 saturated heterocycles. The van der Waals surface area contributed by atoms with E-state index in [4.69, 9.17) is 5.21 Å². The summed E-state index contributed by atoms with van der Waals surface area (Å²) in [6.45, 7) is 5.72. The standard InChI is InChI=1S/C26H30N6O3/c1-2-27-10-9-23(33)32(14-17-7-8-18-5-3-4-6-19(18)11-17)24-21-15-31(16-22(21)24)26-28-12-20(13-29-26)25(34)30-35/h3-8,11-13,21-22,24,27,35H,2,9-10,14-16H2,1H3,(H,30,34). The molecule has 1 aliphatic heterocycles. The maximum absolute atomic E-state index is 13.3. The second-order valence-corrected chi connectivity index (χ2v) is 9.24. The molecule has 2 atom stereocenters. The summed E-state index contributed by atoms with van der Waals surface area (Å²) in [5.41, 5.74) is 2.93. The maximum Gasteiger partial charge on any atom is 0.277 e. The molecule has 0 spiro atoms. The third-order valence-corrected chi connectivity index (χ3v) is 7.05. The highest BCUT2D eigenvalue weighted by atomic mass is 16.5. The highest BCUT2D eigenvalue weighted by Crippen LogP contribution is 2.50. The summed E-state index contributed by atoms with van der Waals surface area (Å²) >= 11 is 0. The molecule has 3 aromatic rings. The summed E-state index contributed by atoms with van der Waals surface area (Å²) in [6, 6.07) is 14.9. The van der Waals surface area contributed by atoms with Crippen LogP contribution in [0, 0.1) is 11.8 Å². The summed E-state index contributed by atoms with van der Waals surface area (Å²) in [4.78, 5) is 37.5. The minimum absolute atomic E-state index is 0.181. The summed E-state index contributed by atoms with van der Waals surface area (Å²) in [7, 11) is 0. The molecule has 1 aromatic heterocycles. The van der Waals surface area contributed by atoms with Gasteiger partial charge in [-0.2, -0.15) is 0 Å². The molecule has 9 heteroatoms. The summed E-state index contributed by atoms with van der Waals surface area (Å²) in [5.74, 6) is 0.858. The minimum Gasteiger partial charge on any atom is -0.340 e. The zero-order valence-electron chi connectivity index (χ0n) is 19.7. The number of hydrogen-bond acceptors (Lipinski definition) is 7. The highest BCUT2D eigenvalue weighted by Gasteiger charge is 2.59. The van der Waals surface area contributed by atoms with Crippen molar-refractivity contribution in [2.24, 2.45) is 11.8 Å². The van der Waals surface area contributed by atoms with E-state index in [9.17, 15) is 9.59 Å². The second-order valence-electron chi connectivity index (χ2n) is 9.24. The number of hydroxylamine groups is 1. The lowest BCUT2D eigenvalue weighted by Gasteiger charge is -2.28. The molecule has 3 N–H and O–H groups in total. The number of carbonyl (C=O) groups excluding carboxylic acids is 2. The van der Waals surface area contributed by atoms with Crippen LogP contribution in [0.4, 0.5) is 5.95 Å². The van der Waals surface area contributed by atoms with Gasteiger partial charge < -0.3 is 15.1 Å². The first-order valence-corrected chi connectivity index (χ1v) is 12.1. The number of nitrogens with one attached hydrogen (secondary N) is 2. The van der Waals surface area contributed by atoms with Crippen LogP contribution in [0.1, 0.15) is 29.3 Å². The summed E-state index contributed by atoms with van der Waals surface area (Å²) in [6.07, 6.45) is 3.30. The molecule has 0 radical (unpaired) electrons. The maximum atomic E-state index is 13.3. The Hall–Kier alpha value is -3.56. The first-order valence-electron chi connectivity index (χ1n) is 12.1. The topological polar surface area (TPSA) is 111 Å². The molecule has 1 aliphatic carbocycles. The first-order chi connectivity index (χ1) is 17.1. The predicted molar refractivity (Wildman–Crippen MR) is 132 cm³/mol. The van der Waals surface area contributed by atoms with Crippen LogP contribution in [0.15, 0.2) is 54.9 Å². The van der Waals surface area contributed by atoms with Gasteiger partial charge in [0.15, 0.2) is 0 Å². The van der Waals surface area contributed by atoms with Crippen molar-refractivity contribution in [2.75, 3.05) is 31.1 Å². The number of anilines is 1. The Morgan fingerprint density at radius 3 is 2.49 bits per heavy atom. The van der Waals surface area contributed by atoms with Crippen LogP contribution in [0.3, 0.4) is 0 Å². The molecule has 5 rings (SSSR count). The van der Waals surface area contributed by atoms with Gasteiger partial charge in [-0.05, 0) is 28.9 Å². The van der Waals surface area contributed by atoms with E-state index in [1.54, 1.807) is 5.48 Å². The van der Waals surface area contributed by atoms with Crippen molar-refractivity contribution in [3.8, 4) is 0 Å². The zero-order chi connectivity index (χ0) is 24.4. The molecule has 2 unspecified atom stereocenters.